The Balaban J connectivity index is 1.51. The topological polar surface area (TPSA) is 46.6 Å². The van der Waals surface area contributed by atoms with Gasteiger partial charge in [-0.3, -0.25) is 9.59 Å². The van der Waals surface area contributed by atoms with Crippen molar-refractivity contribution in [3.63, 3.8) is 0 Å². The molecule has 0 atom stereocenters. The van der Waals surface area contributed by atoms with Crippen molar-refractivity contribution in [2.75, 3.05) is 13.1 Å². The zero-order valence-corrected chi connectivity index (χ0v) is 16.0. The highest BCUT2D eigenvalue weighted by atomic mass is 35.5. The predicted octanol–water partition coefficient (Wildman–Crippen LogP) is 4.57. The van der Waals surface area contributed by atoms with Gasteiger partial charge in [-0.05, 0) is 36.8 Å². The van der Waals surface area contributed by atoms with Crippen LogP contribution in [0.2, 0.25) is 5.02 Å². The molecule has 4 nitrogen and oxygen atoms in total. The van der Waals surface area contributed by atoms with Crippen molar-refractivity contribution in [1.29, 1.82) is 0 Å². The first-order valence-electron chi connectivity index (χ1n) is 9.05. The van der Waals surface area contributed by atoms with Gasteiger partial charge in [-0.15, -0.1) is 0 Å². The molecule has 0 unspecified atom stereocenters. The highest BCUT2D eigenvalue weighted by Crippen LogP contribution is 2.41. The minimum absolute atomic E-state index is 0.0347. The second kappa shape index (κ2) is 6.85. The number of nitrogens with zero attached hydrogens (tertiary/aromatic N) is 1. The Kier molecular flexibility index (Phi) is 4.62. The number of benzene rings is 2. The molecule has 0 N–H and O–H groups in total. The summed E-state index contributed by atoms with van der Waals surface area (Å²) in [6.07, 6.45) is 1.12. The van der Waals surface area contributed by atoms with Gasteiger partial charge in [-0.25, -0.2) is 8.78 Å². The van der Waals surface area contributed by atoms with E-state index in [-0.39, 0.29) is 17.8 Å². The SMILES string of the molecule is Cc1cc2c(cc1Cl)C(=O)CC1(CCN(C(=O)c3ccc(F)cc3F)CC1)O2. The summed E-state index contributed by atoms with van der Waals surface area (Å²) in [5.74, 6) is -1.61. The molecule has 146 valence electrons. The number of amides is 1. The summed E-state index contributed by atoms with van der Waals surface area (Å²) in [6, 6.07) is 6.32. The molecule has 1 saturated heterocycles. The van der Waals surface area contributed by atoms with E-state index in [4.69, 9.17) is 16.3 Å². The van der Waals surface area contributed by atoms with Crippen LogP contribution >= 0.6 is 11.6 Å². The Morgan fingerprint density at radius 2 is 1.89 bits per heavy atom. The number of Topliss-reactive ketones (excluding diaryl/α,β-unsaturated/α-hetero) is 1. The van der Waals surface area contributed by atoms with Gasteiger partial charge in [0.05, 0.1) is 17.5 Å². The smallest absolute Gasteiger partial charge is 0.256 e. The first-order valence-corrected chi connectivity index (χ1v) is 9.42. The zero-order chi connectivity index (χ0) is 20.1. The van der Waals surface area contributed by atoms with Gasteiger partial charge >= 0.3 is 0 Å². The molecule has 0 saturated carbocycles. The number of carbonyl (C=O) groups is 2. The number of rotatable bonds is 1. The van der Waals surface area contributed by atoms with Gasteiger partial charge in [-0.2, -0.15) is 0 Å². The monoisotopic (exact) mass is 405 g/mol. The number of ether oxygens (including phenoxy) is 1. The number of piperidine rings is 1. The van der Waals surface area contributed by atoms with Crippen LogP contribution in [0, 0.1) is 18.6 Å². The number of ketones is 1. The van der Waals surface area contributed by atoms with Crippen molar-refractivity contribution in [1.82, 2.24) is 4.90 Å². The molecule has 2 heterocycles. The molecule has 2 aliphatic rings. The first-order chi connectivity index (χ1) is 13.3. The van der Waals surface area contributed by atoms with Crippen LogP contribution in [0.1, 0.15) is 45.5 Å². The van der Waals surface area contributed by atoms with Crippen molar-refractivity contribution in [3.8, 4) is 5.75 Å². The van der Waals surface area contributed by atoms with Crippen molar-refractivity contribution in [2.45, 2.75) is 31.8 Å². The maximum Gasteiger partial charge on any atom is 0.256 e. The molecule has 0 radical (unpaired) electrons. The van der Waals surface area contributed by atoms with Crippen molar-refractivity contribution in [3.05, 3.63) is 63.7 Å². The molecule has 1 amide bonds. The van der Waals surface area contributed by atoms with E-state index in [0.717, 1.165) is 17.7 Å². The van der Waals surface area contributed by atoms with Gasteiger partial charge in [0.2, 0.25) is 0 Å². The number of hydrogen-bond acceptors (Lipinski definition) is 3. The summed E-state index contributed by atoms with van der Waals surface area (Å²) in [7, 11) is 0. The third kappa shape index (κ3) is 3.26. The minimum atomic E-state index is -0.879. The summed E-state index contributed by atoms with van der Waals surface area (Å²) < 4.78 is 33.2. The van der Waals surface area contributed by atoms with E-state index in [0.29, 0.717) is 48.3 Å². The third-order valence-corrected chi connectivity index (χ3v) is 5.90. The number of fused-ring (bicyclic) bond motifs is 1. The Morgan fingerprint density at radius 3 is 2.57 bits per heavy atom. The van der Waals surface area contributed by atoms with E-state index < -0.39 is 23.1 Å². The van der Waals surface area contributed by atoms with Gasteiger partial charge < -0.3 is 9.64 Å². The minimum Gasteiger partial charge on any atom is -0.486 e. The average molecular weight is 406 g/mol. The molecule has 0 bridgehead atoms. The molecular formula is C21H18ClF2NO3. The third-order valence-electron chi connectivity index (χ3n) is 5.49. The zero-order valence-electron chi connectivity index (χ0n) is 15.2. The van der Waals surface area contributed by atoms with E-state index in [2.05, 4.69) is 0 Å². The Hall–Kier alpha value is -2.47. The van der Waals surface area contributed by atoms with Gasteiger partial charge in [0.25, 0.3) is 5.91 Å². The van der Waals surface area contributed by atoms with Crippen molar-refractivity contribution < 1.29 is 23.1 Å². The fraction of sp³-hybridized carbons (Fsp3) is 0.333. The Labute approximate surface area is 166 Å². The largest absolute Gasteiger partial charge is 0.486 e. The molecule has 28 heavy (non-hydrogen) atoms. The van der Waals surface area contributed by atoms with Gasteiger partial charge in [0.15, 0.2) is 5.78 Å². The molecule has 0 aromatic heterocycles. The first kappa shape index (κ1) is 18.9. The second-order valence-corrected chi connectivity index (χ2v) is 7.81. The Morgan fingerprint density at radius 1 is 1.18 bits per heavy atom. The number of aryl methyl sites for hydroxylation is 1. The number of carbonyl (C=O) groups excluding carboxylic acids is 2. The van der Waals surface area contributed by atoms with Crippen LogP contribution in [0.15, 0.2) is 30.3 Å². The normalized spacial score (nSPS) is 18.0. The molecule has 1 spiro atoms. The lowest BCUT2D eigenvalue weighted by Crippen LogP contribution is -2.52. The number of hydrogen-bond donors (Lipinski definition) is 0. The Bertz CT molecular complexity index is 984. The maximum absolute atomic E-state index is 13.9. The van der Waals surface area contributed by atoms with Crippen LogP contribution in [0.3, 0.4) is 0 Å². The van der Waals surface area contributed by atoms with Crippen LogP contribution in [-0.2, 0) is 0 Å². The van der Waals surface area contributed by atoms with E-state index in [1.165, 1.54) is 4.90 Å². The number of likely N-dealkylation sites (tertiary alicyclic amines) is 1. The summed E-state index contributed by atoms with van der Waals surface area (Å²) in [4.78, 5) is 26.7. The predicted molar refractivity (Wildman–Crippen MR) is 100.0 cm³/mol. The molecule has 2 aromatic carbocycles. The summed E-state index contributed by atoms with van der Waals surface area (Å²) in [5.41, 5.74) is 0.467. The fourth-order valence-electron chi connectivity index (χ4n) is 3.84. The maximum atomic E-state index is 13.9. The quantitative estimate of drug-likeness (QED) is 0.698. The van der Waals surface area contributed by atoms with Crippen LogP contribution in [0.4, 0.5) is 8.78 Å². The van der Waals surface area contributed by atoms with Gasteiger partial charge in [-0.1, -0.05) is 11.6 Å². The highest BCUT2D eigenvalue weighted by molar-refractivity contribution is 6.31. The molecule has 1 fully saturated rings. The van der Waals surface area contributed by atoms with Gasteiger partial charge in [0.1, 0.15) is 23.0 Å². The lowest BCUT2D eigenvalue weighted by atomic mass is 9.82. The van der Waals surface area contributed by atoms with Crippen molar-refractivity contribution >= 4 is 23.3 Å². The lowest BCUT2D eigenvalue weighted by Gasteiger charge is -2.44. The standard InChI is InChI=1S/C21H18ClF2NO3/c1-12-8-19-15(10-16(12)22)18(26)11-21(28-19)4-6-25(7-5-21)20(27)14-3-2-13(23)9-17(14)24/h2-3,8-10H,4-7,11H2,1H3. The highest BCUT2D eigenvalue weighted by Gasteiger charge is 2.44. The average Bonchev–Trinajstić information content (AvgIpc) is 2.64. The van der Waals surface area contributed by atoms with Crippen LogP contribution < -0.4 is 4.74 Å². The second-order valence-electron chi connectivity index (χ2n) is 7.40. The summed E-state index contributed by atoms with van der Waals surface area (Å²) >= 11 is 6.12. The molecule has 2 aliphatic heterocycles. The van der Waals surface area contributed by atoms with E-state index >= 15 is 0 Å². The summed E-state index contributed by atoms with van der Waals surface area (Å²) in [5, 5.41) is 0.522. The summed E-state index contributed by atoms with van der Waals surface area (Å²) in [6.45, 7) is 2.49. The molecule has 7 heteroatoms. The lowest BCUT2D eigenvalue weighted by molar-refractivity contribution is -0.00582. The number of halogens is 3. The fourth-order valence-corrected chi connectivity index (χ4v) is 4.01. The van der Waals surface area contributed by atoms with E-state index in [1.54, 1.807) is 12.1 Å². The van der Waals surface area contributed by atoms with Crippen LogP contribution in [-0.4, -0.2) is 35.3 Å². The molecule has 2 aromatic rings. The van der Waals surface area contributed by atoms with Gasteiger partial charge in [0, 0.05) is 37.0 Å². The molecule has 4 rings (SSSR count). The van der Waals surface area contributed by atoms with E-state index in [1.807, 2.05) is 6.92 Å². The van der Waals surface area contributed by atoms with Crippen molar-refractivity contribution in [2.24, 2.45) is 0 Å². The molecular weight excluding hydrogens is 388 g/mol. The van der Waals surface area contributed by atoms with Crippen LogP contribution in [0.25, 0.3) is 0 Å². The van der Waals surface area contributed by atoms with Crippen LogP contribution in [0.5, 0.6) is 5.75 Å². The molecule has 0 aliphatic carbocycles. The van der Waals surface area contributed by atoms with E-state index in [9.17, 15) is 18.4 Å².